The lowest BCUT2D eigenvalue weighted by atomic mass is 9.99. The van der Waals surface area contributed by atoms with Gasteiger partial charge in [0, 0.05) is 11.3 Å². The molecule has 1 aliphatic carbocycles. The molecular weight excluding hydrogens is 311 g/mol. The van der Waals surface area contributed by atoms with Crippen LogP contribution in [0.4, 0.5) is 0 Å². The van der Waals surface area contributed by atoms with Crippen LogP contribution in [0.5, 0.6) is 0 Å². The molecule has 21 heavy (non-hydrogen) atoms. The Kier molecular flexibility index (Phi) is 7.46. The third-order valence-electron chi connectivity index (χ3n) is 2.74. The molecule has 1 rings (SSSR count). The molecule has 0 heterocycles. The van der Waals surface area contributed by atoms with Gasteiger partial charge in [-0.2, -0.15) is 0 Å². The molecule has 0 amide bonds. The van der Waals surface area contributed by atoms with Crippen LogP contribution in [-0.4, -0.2) is 36.8 Å². The fraction of sp³-hybridized carbons (Fsp3) is 0.571. The number of rotatable bonds is 8. The lowest BCUT2D eigenvalue weighted by Gasteiger charge is -2.21. The topological polar surface area (TPSA) is 61.8 Å². The zero-order valence-corrected chi connectivity index (χ0v) is 14.3. The van der Waals surface area contributed by atoms with Crippen molar-refractivity contribution >= 4 is 30.6 Å². The fourth-order valence-electron chi connectivity index (χ4n) is 1.98. The minimum absolute atomic E-state index is 0.0489. The zero-order chi connectivity index (χ0) is 15.9. The second kappa shape index (κ2) is 8.59. The molecule has 118 valence electrons. The van der Waals surface area contributed by atoms with E-state index in [1.54, 1.807) is 32.9 Å². The molecule has 0 bridgehead atoms. The first kappa shape index (κ1) is 18.2. The summed E-state index contributed by atoms with van der Waals surface area (Å²) >= 11 is 5.16. The van der Waals surface area contributed by atoms with E-state index in [9.17, 15) is 9.36 Å². The summed E-state index contributed by atoms with van der Waals surface area (Å²) in [6, 6.07) is 0. The Labute approximate surface area is 130 Å². The van der Waals surface area contributed by atoms with Crippen LogP contribution in [0, 0.1) is 0 Å². The summed E-state index contributed by atoms with van der Waals surface area (Å²) in [7, 11) is -3.27. The van der Waals surface area contributed by atoms with Gasteiger partial charge in [-0.15, -0.1) is 0 Å². The van der Waals surface area contributed by atoms with E-state index in [-0.39, 0.29) is 26.0 Å². The molecule has 5 nitrogen and oxygen atoms in total. The van der Waals surface area contributed by atoms with Crippen molar-refractivity contribution in [2.24, 2.45) is 0 Å². The number of carbonyl (C=O) groups excluding carboxylic acids is 1. The molecule has 0 N–H and O–H groups in total. The first-order chi connectivity index (χ1) is 9.95. The van der Waals surface area contributed by atoms with Crippen LogP contribution in [0.25, 0.3) is 0 Å². The standard InChI is InChI=1S/C14H21O5PS/c1-4-17-14(15)13-8-7-12(21)9-11(13)10-20(16,18-5-2)19-6-3/h7-8H,4-6,9-10H2,1-3H3. The third-order valence-corrected chi connectivity index (χ3v) is 5.09. The van der Waals surface area contributed by atoms with Gasteiger partial charge >= 0.3 is 13.6 Å². The monoisotopic (exact) mass is 332 g/mol. The van der Waals surface area contributed by atoms with Gasteiger partial charge < -0.3 is 13.8 Å². The van der Waals surface area contributed by atoms with Crippen molar-refractivity contribution in [3.63, 3.8) is 0 Å². The molecule has 0 spiro atoms. The zero-order valence-electron chi connectivity index (χ0n) is 12.6. The van der Waals surface area contributed by atoms with Crippen LogP contribution >= 0.6 is 19.8 Å². The van der Waals surface area contributed by atoms with E-state index in [0.717, 1.165) is 0 Å². The summed E-state index contributed by atoms with van der Waals surface area (Å²) in [5, 5.41) is 0. The molecular formula is C14H21O5PS. The summed E-state index contributed by atoms with van der Waals surface area (Å²) in [6.45, 7) is 6.07. The van der Waals surface area contributed by atoms with Gasteiger partial charge in [0.15, 0.2) is 0 Å². The number of ether oxygens (including phenoxy) is 1. The number of hydrogen-bond acceptors (Lipinski definition) is 6. The lowest BCUT2D eigenvalue weighted by molar-refractivity contribution is -0.138. The smallest absolute Gasteiger partial charge is 0.338 e. The number of carbonyl (C=O) groups is 1. The number of allylic oxidation sites excluding steroid dienone is 2. The largest absolute Gasteiger partial charge is 0.462 e. The third kappa shape index (κ3) is 5.47. The van der Waals surface area contributed by atoms with Crippen LogP contribution in [-0.2, 0) is 23.1 Å². The van der Waals surface area contributed by atoms with Gasteiger partial charge in [-0.25, -0.2) is 4.79 Å². The minimum atomic E-state index is -3.27. The highest BCUT2D eigenvalue weighted by molar-refractivity contribution is 7.80. The van der Waals surface area contributed by atoms with Gasteiger partial charge in [-0.05, 0) is 38.5 Å². The summed E-state index contributed by atoms with van der Waals surface area (Å²) in [5.74, 6) is -0.439. The van der Waals surface area contributed by atoms with E-state index in [4.69, 9.17) is 26.0 Å². The summed E-state index contributed by atoms with van der Waals surface area (Å²) in [5.41, 5.74) is 1.04. The van der Waals surface area contributed by atoms with Crippen molar-refractivity contribution in [2.45, 2.75) is 27.2 Å². The van der Waals surface area contributed by atoms with Crippen molar-refractivity contribution in [1.29, 1.82) is 0 Å². The Morgan fingerprint density at radius 1 is 1.19 bits per heavy atom. The minimum Gasteiger partial charge on any atom is -0.462 e. The fourth-order valence-corrected chi connectivity index (χ4v) is 4.01. The van der Waals surface area contributed by atoms with Crippen LogP contribution in [0.15, 0.2) is 23.3 Å². The van der Waals surface area contributed by atoms with Crippen molar-refractivity contribution in [3.05, 3.63) is 23.3 Å². The second-order valence-electron chi connectivity index (χ2n) is 4.32. The van der Waals surface area contributed by atoms with E-state index < -0.39 is 13.6 Å². The van der Waals surface area contributed by atoms with Gasteiger partial charge in [-0.1, -0.05) is 12.2 Å². The highest BCUT2D eigenvalue weighted by Gasteiger charge is 2.29. The van der Waals surface area contributed by atoms with E-state index in [2.05, 4.69) is 0 Å². The van der Waals surface area contributed by atoms with Crippen LogP contribution < -0.4 is 0 Å². The Morgan fingerprint density at radius 3 is 2.33 bits per heavy atom. The van der Waals surface area contributed by atoms with E-state index in [0.29, 0.717) is 22.4 Å². The molecule has 0 aromatic carbocycles. The Morgan fingerprint density at radius 2 is 1.81 bits per heavy atom. The molecule has 0 radical (unpaired) electrons. The molecule has 0 saturated heterocycles. The molecule has 0 aromatic heterocycles. The predicted molar refractivity (Wildman–Crippen MR) is 85.7 cm³/mol. The molecule has 0 atom stereocenters. The molecule has 0 saturated carbocycles. The maximum absolute atomic E-state index is 12.6. The Balaban J connectivity index is 3.06. The van der Waals surface area contributed by atoms with Crippen molar-refractivity contribution in [2.75, 3.05) is 26.0 Å². The van der Waals surface area contributed by atoms with Gasteiger partial charge in [-0.3, -0.25) is 4.57 Å². The van der Waals surface area contributed by atoms with E-state index in [1.807, 2.05) is 0 Å². The SMILES string of the molecule is CCOC(=O)C1=C(CP(=O)(OCC)OCC)CC(=S)C=C1. The normalized spacial score (nSPS) is 15.5. The van der Waals surface area contributed by atoms with Gasteiger partial charge in [0.2, 0.25) is 0 Å². The van der Waals surface area contributed by atoms with E-state index in [1.165, 1.54) is 0 Å². The molecule has 0 aliphatic heterocycles. The molecule has 1 aliphatic rings. The highest BCUT2D eigenvalue weighted by atomic mass is 32.1. The maximum atomic E-state index is 12.6. The van der Waals surface area contributed by atoms with E-state index >= 15 is 0 Å². The predicted octanol–water partition coefficient (Wildman–Crippen LogP) is 3.44. The Hall–Kier alpha value is -0.810. The molecule has 0 fully saturated rings. The van der Waals surface area contributed by atoms with Gasteiger partial charge in [0.25, 0.3) is 0 Å². The summed E-state index contributed by atoms with van der Waals surface area (Å²) < 4.78 is 28.2. The molecule has 0 aromatic rings. The average molecular weight is 332 g/mol. The maximum Gasteiger partial charge on any atom is 0.338 e. The second-order valence-corrected chi connectivity index (χ2v) is 6.90. The van der Waals surface area contributed by atoms with Gasteiger partial charge in [0.1, 0.15) is 0 Å². The first-order valence-corrected chi connectivity index (χ1v) is 9.07. The number of hydrogen-bond donors (Lipinski definition) is 0. The average Bonchev–Trinajstić information content (AvgIpc) is 2.39. The quantitative estimate of drug-likeness (QED) is 0.385. The number of esters is 1. The number of thiocarbonyl (C=S) groups is 1. The lowest BCUT2D eigenvalue weighted by Crippen LogP contribution is -2.16. The first-order valence-electron chi connectivity index (χ1n) is 6.94. The highest BCUT2D eigenvalue weighted by Crippen LogP contribution is 2.50. The Bertz CT molecular complexity index is 499. The van der Waals surface area contributed by atoms with Gasteiger partial charge in [0.05, 0.1) is 31.6 Å². The molecule has 0 unspecified atom stereocenters. The summed E-state index contributed by atoms with van der Waals surface area (Å²) in [4.78, 5) is 12.6. The van der Waals surface area contributed by atoms with Crippen molar-refractivity contribution in [3.8, 4) is 0 Å². The summed E-state index contributed by atoms with van der Waals surface area (Å²) in [6.07, 6.45) is 3.75. The van der Waals surface area contributed by atoms with Crippen molar-refractivity contribution < 1.29 is 23.1 Å². The van der Waals surface area contributed by atoms with Crippen LogP contribution in [0.1, 0.15) is 27.2 Å². The van der Waals surface area contributed by atoms with Crippen LogP contribution in [0.3, 0.4) is 0 Å². The van der Waals surface area contributed by atoms with Crippen molar-refractivity contribution in [1.82, 2.24) is 0 Å². The van der Waals surface area contributed by atoms with Crippen LogP contribution in [0.2, 0.25) is 0 Å². The molecule has 7 heteroatoms.